The molecule has 1 rings (SSSR count). The topological polar surface area (TPSA) is 162 Å². The van der Waals surface area contributed by atoms with E-state index in [2.05, 4.69) is 9.46 Å². The maximum absolute atomic E-state index is 11.9. The van der Waals surface area contributed by atoms with Gasteiger partial charge in [0.25, 0.3) is 0 Å². The van der Waals surface area contributed by atoms with E-state index in [1.54, 1.807) is 0 Å². The van der Waals surface area contributed by atoms with Crippen LogP contribution in [-0.2, 0) is 24.3 Å². The number of carboxylic acids is 1. The second kappa shape index (κ2) is 8.15. The zero-order valence-electron chi connectivity index (χ0n) is 12.6. The van der Waals surface area contributed by atoms with Crippen molar-refractivity contribution in [2.24, 2.45) is 5.73 Å². The molecule has 0 fully saturated rings. The first-order chi connectivity index (χ1) is 11.1. The van der Waals surface area contributed by atoms with Gasteiger partial charge in [0.05, 0.1) is 24.1 Å². The molecule has 4 N–H and O–H groups in total. The third-order valence-corrected chi connectivity index (χ3v) is 3.92. The average Bonchev–Trinajstić information content (AvgIpc) is 2.50. The molecular weight excluding hydrogens is 344 g/mol. The van der Waals surface area contributed by atoms with Gasteiger partial charge in [-0.15, -0.1) is 0 Å². The Morgan fingerprint density at radius 1 is 1.29 bits per heavy atom. The maximum Gasteiger partial charge on any atom is 0.341 e. The highest BCUT2D eigenvalue weighted by atomic mass is 32.2. The van der Waals surface area contributed by atoms with Crippen LogP contribution in [0.1, 0.15) is 16.8 Å². The molecule has 0 aliphatic heterocycles. The van der Waals surface area contributed by atoms with E-state index >= 15 is 0 Å². The molecule has 132 valence electrons. The Kier molecular flexibility index (Phi) is 6.53. The van der Waals surface area contributed by atoms with Crippen molar-refractivity contribution in [3.05, 3.63) is 23.8 Å². The number of ether oxygens (including phenoxy) is 2. The fourth-order valence-electron chi connectivity index (χ4n) is 1.58. The van der Waals surface area contributed by atoms with Gasteiger partial charge in [0, 0.05) is 6.42 Å². The number of anilines is 1. The Morgan fingerprint density at radius 2 is 1.96 bits per heavy atom. The molecule has 0 aliphatic rings. The highest BCUT2D eigenvalue weighted by molar-refractivity contribution is 7.92. The Hall–Kier alpha value is -2.82. The summed E-state index contributed by atoms with van der Waals surface area (Å²) in [5.41, 5.74) is 4.76. The van der Waals surface area contributed by atoms with Crippen molar-refractivity contribution in [1.82, 2.24) is 0 Å². The summed E-state index contributed by atoms with van der Waals surface area (Å²) in [7, 11) is -2.62. The Labute approximate surface area is 137 Å². The van der Waals surface area contributed by atoms with Crippen molar-refractivity contribution < 1.29 is 37.4 Å². The van der Waals surface area contributed by atoms with Gasteiger partial charge in [-0.2, -0.15) is 0 Å². The maximum atomic E-state index is 11.9. The molecule has 0 atom stereocenters. The normalized spacial score (nSPS) is 10.7. The molecule has 10 nitrogen and oxygen atoms in total. The summed E-state index contributed by atoms with van der Waals surface area (Å²) in [5, 5.41) is 8.48. The van der Waals surface area contributed by atoms with E-state index in [0.29, 0.717) is 0 Å². The SMILES string of the molecule is COc1ccc(C(=O)OCC(=O)O)cc1NS(=O)(=O)CCC(N)=O. The lowest BCUT2D eigenvalue weighted by Gasteiger charge is -2.12. The minimum Gasteiger partial charge on any atom is -0.495 e. The number of hydrogen-bond donors (Lipinski definition) is 3. The zero-order chi connectivity index (χ0) is 18.3. The van der Waals surface area contributed by atoms with Crippen LogP contribution < -0.4 is 15.2 Å². The molecule has 0 radical (unpaired) electrons. The predicted molar refractivity (Wildman–Crippen MR) is 82.1 cm³/mol. The monoisotopic (exact) mass is 360 g/mol. The van der Waals surface area contributed by atoms with Crippen LogP contribution in [0, 0.1) is 0 Å². The first-order valence-corrected chi connectivity index (χ1v) is 8.15. The number of rotatable bonds is 9. The van der Waals surface area contributed by atoms with E-state index in [1.807, 2.05) is 0 Å². The van der Waals surface area contributed by atoms with Gasteiger partial charge in [-0.1, -0.05) is 0 Å². The molecule has 24 heavy (non-hydrogen) atoms. The molecule has 0 bridgehead atoms. The molecule has 0 saturated heterocycles. The summed E-state index contributed by atoms with van der Waals surface area (Å²) in [6.45, 7) is -0.829. The van der Waals surface area contributed by atoms with E-state index in [9.17, 15) is 22.8 Å². The molecule has 0 spiro atoms. The Bertz CT molecular complexity index is 744. The van der Waals surface area contributed by atoms with Crippen molar-refractivity contribution in [2.45, 2.75) is 6.42 Å². The average molecular weight is 360 g/mol. The van der Waals surface area contributed by atoms with E-state index in [1.165, 1.54) is 19.2 Å². The third-order valence-electron chi connectivity index (χ3n) is 2.64. The van der Waals surface area contributed by atoms with Gasteiger partial charge >= 0.3 is 11.9 Å². The van der Waals surface area contributed by atoms with E-state index in [0.717, 1.165) is 6.07 Å². The van der Waals surface area contributed by atoms with E-state index < -0.39 is 40.2 Å². The number of methoxy groups -OCH3 is 1. The number of amides is 1. The summed E-state index contributed by atoms with van der Waals surface area (Å²) in [6, 6.07) is 3.72. The second-order valence-corrected chi connectivity index (χ2v) is 6.36. The summed E-state index contributed by atoms with van der Waals surface area (Å²) >= 11 is 0. The van der Waals surface area contributed by atoms with Crippen molar-refractivity contribution >= 4 is 33.6 Å². The molecule has 1 aromatic rings. The first-order valence-electron chi connectivity index (χ1n) is 6.50. The summed E-state index contributed by atoms with van der Waals surface area (Å²) < 4.78 is 35.5. The molecule has 0 aromatic heterocycles. The van der Waals surface area contributed by atoms with Gasteiger partial charge in [0.15, 0.2) is 6.61 Å². The van der Waals surface area contributed by atoms with E-state index in [-0.39, 0.29) is 23.4 Å². The lowest BCUT2D eigenvalue weighted by Crippen LogP contribution is -2.22. The number of nitrogens with two attached hydrogens (primary N) is 1. The minimum atomic E-state index is -3.91. The van der Waals surface area contributed by atoms with Gasteiger partial charge in [0.1, 0.15) is 5.75 Å². The number of carbonyl (C=O) groups is 3. The van der Waals surface area contributed by atoms with Gasteiger partial charge in [-0.3, -0.25) is 9.52 Å². The smallest absolute Gasteiger partial charge is 0.341 e. The summed E-state index contributed by atoms with van der Waals surface area (Å²) in [5.74, 6) is -3.48. The molecule has 0 saturated carbocycles. The van der Waals surface area contributed by atoms with Gasteiger partial charge in [-0.05, 0) is 18.2 Å². The third kappa shape index (κ3) is 6.12. The number of nitrogens with one attached hydrogen (secondary N) is 1. The number of carboxylic acid groups (broad SMARTS) is 1. The van der Waals surface area contributed by atoms with Gasteiger partial charge in [0.2, 0.25) is 15.9 Å². The largest absolute Gasteiger partial charge is 0.495 e. The fourth-order valence-corrected chi connectivity index (χ4v) is 2.65. The number of primary amides is 1. The molecule has 0 heterocycles. The number of esters is 1. The highest BCUT2D eigenvalue weighted by Gasteiger charge is 2.18. The number of sulfonamides is 1. The van der Waals surface area contributed by atoms with Crippen LogP contribution in [-0.4, -0.2) is 50.8 Å². The van der Waals surface area contributed by atoms with Crippen molar-refractivity contribution in [1.29, 1.82) is 0 Å². The van der Waals surface area contributed by atoms with Crippen molar-refractivity contribution in [3.8, 4) is 5.75 Å². The lowest BCUT2D eigenvalue weighted by atomic mass is 10.2. The molecule has 0 aliphatic carbocycles. The van der Waals surface area contributed by atoms with Gasteiger partial charge < -0.3 is 20.3 Å². The fraction of sp³-hybridized carbons (Fsp3) is 0.308. The van der Waals surface area contributed by atoms with Crippen LogP contribution in [0.5, 0.6) is 5.75 Å². The number of carbonyl (C=O) groups excluding carboxylic acids is 2. The van der Waals surface area contributed by atoms with Crippen LogP contribution in [0.25, 0.3) is 0 Å². The predicted octanol–water partition coefficient (Wildman–Crippen LogP) is -0.446. The van der Waals surface area contributed by atoms with Crippen LogP contribution in [0.4, 0.5) is 5.69 Å². The molecule has 11 heteroatoms. The molecule has 1 amide bonds. The zero-order valence-corrected chi connectivity index (χ0v) is 13.5. The standard InChI is InChI=1S/C13H16N2O8S/c1-22-10-3-2-8(13(19)23-7-12(17)18)6-9(10)15-24(20,21)5-4-11(14)16/h2-3,6,15H,4-5,7H2,1H3,(H2,14,16)(H,17,18). The number of aliphatic carboxylic acids is 1. The van der Waals surface area contributed by atoms with Crippen LogP contribution in [0.3, 0.4) is 0 Å². The summed E-state index contributed by atoms with van der Waals surface area (Å²) in [4.78, 5) is 32.8. The second-order valence-electron chi connectivity index (χ2n) is 4.52. The quantitative estimate of drug-likeness (QED) is 0.499. The first kappa shape index (κ1) is 19.2. The number of benzene rings is 1. The highest BCUT2D eigenvalue weighted by Crippen LogP contribution is 2.27. The molecule has 0 unspecified atom stereocenters. The Balaban J connectivity index is 3.00. The molecular formula is C13H16N2O8S. The Morgan fingerprint density at radius 3 is 2.50 bits per heavy atom. The lowest BCUT2D eigenvalue weighted by molar-refractivity contribution is -0.140. The van der Waals surface area contributed by atoms with Crippen molar-refractivity contribution in [3.63, 3.8) is 0 Å². The van der Waals surface area contributed by atoms with E-state index in [4.69, 9.17) is 15.6 Å². The summed E-state index contributed by atoms with van der Waals surface area (Å²) in [6.07, 6.45) is -0.377. The van der Waals surface area contributed by atoms with Crippen LogP contribution >= 0.6 is 0 Å². The van der Waals surface area contributed by atoms with Gasteiger partial charge in [-0.25, -0.2) is 18.0 Å². The molecule has 1 aromatic carbocycles. The van der Waals surface area contributed by atoms with Crippen LogP contribution in [0.15, 0.2) is 18.2 Å². The van der Waals surface area contributed by atoms with Crippen LogP contribution in [0.2, 0.25) is 0 Å². The minimum absolute atomic E-state index is 0.0632. The number of hydrogen-bond acceptors (Lipinski definition) is 7. The van der Waals surface area contributed by atoms with Crippen molar-refractivity contribution in [2.75, 3.05) is 24.2 Å².